The van der Waals surface area contributed by atoms with Crippen molar-refractivity contribution in [1.82, 2.24) is 10.2 Å². The molecule has 1 aliphatic carbocycles. The average Bonchev–Trinajstić information content (AvgIpc) is 3.03. The van der Waals surface area contributed by atoms with Gasteiger partial charge >= 0.3 is 6.03 Å². The number of carbonyl (C=O) groups excluding carboxylic acids is 1. The molecule has 0 unspecified atom stereocenters. The van der Waals surface area contributed by atoms with Crippen molar-refractivity contribution in [3.05, 3.63) is 28.2 Å². The molecule has 120 valence electrons. The van der Waals surface area contributed by atoms with Crippen LogP contribution in [0.25, 0.3) is 0 Å². The maximum absolute atomic E-state index is 12.3. The Kier molecular flexibility index (Phi) is 4.99. The molecule has 1 N–H and O–H groups in total. The van der Waals surface area contributed by atoms with E-state index in [-0.39, 0.29) is 6.03 Å². The molecule has 3 rings (SSSR count). The molecular formula is C16H21Cl2N3O. The largest absolute Gasteiger partial charge is 0.367 e. The molecule has 6 heteroatoms. The van der Waals surface area contributed by atoms with Crippen LogP contribution in [0.4, 0.5) is 10.5 Å². The van der Waals surface area contributed by atoms with Crippen LogP contribution in [0.5, 0.6) is 0 Å². The molecule has 1 aliphatic heterocycles. The molecule has 0 radical (unpaired) electrons. The summed E-state index contributed by atoms with van der Waals surface area (Å²) in [5.74, 6) is 0. The third-order valence-electron chi connectivity index (χ3n) is 4.52. The van der Waals surface area contributed by atoms with Gasteiger partial charge in [0.15, 0.2) is 0 Å². The van der Waals surface area contributed by atoms with Crippen LogP contribution in [0.15, 0.2) is 18.2 Å². The van der Waals surface area contributed by atoms with E-state index in [1.807, 2.05) is 17.0 Å². The van der Waals surface area contributed by atoms with Crippen molar-refractivity contribution >= 4 is 34.9 Å². The van der Waals surface area contributed by atoms with Gasteiger partial charge < -0.3 is 15.1 Å². The van der Waals surface area contributed by atoms with Crippen molar-refractivity contribution in [2.24, 2.45) is 0 Å². The number of nitrogens with zero attached hydrogens (tertiary/aromatic N) is 2. The third-order valence-corrected chi connectivity index (χ3v) is 5.33. The SMILES string of the molecule is O=C(NC1CCCC1)N1CCN(c2cccc(Cl)c2Cl)CC1. The van der Waals surface area contributed by atoms with Crippen LogP contribution in [-0.4, -0.2) is 43.2 Å². The van der Waals surface area contributed by atoms with Crippen molar-refractivity contribution < 1.29 is 4.79 Å². The van der Waals surface area contributed by atoms with Gasteiger partial charge in [0.2, 0.25) is 0 Å². The predicted molar refractivity (Wildman–Crippen MR) is 91.0 cm³/mol. The predicted octanol–water partition coefficient (Wildman–Crippen LogP) is 3.77. The van der Waals surface area contributed by atoms with E-state index in [0.29, 0.717) is 29.2 Å². The minimum Gasteiger partial charge on any atom is -0.367 e. The fraction of sp³-hybridized carbons (Fsp3) is 0.562. The summed E-state index contributed by atoms with van der Waals surface area (Å²) >= 11 is 12.3. The summed E-state index contributed by atoms with van der Waals surface area (Å²) in [7, 11) is 0. The topological polar surface area (TPSA) is 35.6 Å². The second-order valence-electron chi connectivity index (χ2n) is 5.98. The molecule has 0 atom stereocenters. The van der Waals surface area contributed by atoms with Crippen molar-refractivity contribution in [1.29, 1.82) is 0 Å². The Bertz CT molecular complexity index is 538. The highest BCUT2D eigenvalue weighted by atomic mass is 35.5. The number of hydrogen-bond acceptors (Lipinski definition) is 2. The van der Waals surface area contributed by atoms with Crippen molar-refractivity contribution in [2.45, 2.75) is 31.7 Å². The van der Waals surface area contributed by atoms with E-state index >= 15 is 0 Å². The molecule has 1 saturated carbocycles. The van der Waals surface area contributed by atoms with Gasteiger partial charge in [0.05, 0.1) is 15.7 Å². The fourth-order valence-corrected chi connectivity index (χ4v) is 3.64. The Balaban J connectivity index is 1.55. The molecule has 1 aromatic carbocycles. The summed E-state index contributed by atoms with van der Waals surface area (Å²) in [5, 5.41) is 4.31. The standard InChI is InChI=1S/C16H21Cl2N3O/c17-13-6-3-7-14(15(13)18)20-8-10-21(11-9-20)16(22)19-12-4-1-2-5-12/h3,6-7,12H,1-2,4-5,8-11H2,(H,19,22). The number of nitrogens with one attached hydrogen (secondary N) is 1. The molecule has 0 bridgehead atoms. The summed E-state index contributed by atoms with van der Waals surface area (Å²) in [4.78, 5) is 16.4. The van der Waals surface area contributed by atoms with Gasteiger partial charge in [0.1, 0.15) is 0 Å². The smallest absolute Gasteiger partial charge is 0.317 e. The van der Waals surface area contributed by atoms with Crippen LogP contribution in [-0.2, 0) is 0 Å². The Morgan fingerprint density at radius 2 is 1.77 bits per heavy atom. The number of hydrogen-bond donors (Lipinski definition) is 1. The number of halogens is 2. The Morgan fingerprint density at radius 1 is 1.09 bits per heavy atom. The van der Waals surface area contributed by atoms with E-state index in [1.165, 1.54) is 12.8 Å². The molecule has 1 aromatic rings. The Hall–Kier alpha value is -1.13. The van der Waals surface area contributed by atoms with Gasteiger partial charge in [0, 0.05) is 32.2 Å². The summed E-state index contributed by atoms with van der Waals surface area (Å²) in [6, 6.07) is 6.11. The molecule has 2 amide bonds. The molecular weight excluding hydrogens is 321 g/mol. The first-order valence-corrected chi connectivity index (χ1v) is 8.65. The Morgan fingerprint density at radius 3 is 2.45 bits per heavy atom. The van der Waals surface area contributed by atoms with Gasteiger partial charge in [0.25, 0.3) is 0 Å². The zero-order valence-corrected chi connectivity index (χ0v) is 14.0. The number of piperazine rings is 1. The van der Waals surface area contributed by atoms with Gasteiger partial charge in [-0.1, -0.05) is 42.1 Å². The van der Waals surface area contributed by atoms with Crippen LogP contribution in [0.2, 0.25) is 10.0 Å². The Labute approximate surface area is 141 Å². The van der Waals surface area contributed by atoms with Crippen LogP contribution < -0.4 is 10.2 Å². The lowest BCUT2D eigenvalue weighted by Crippen LogP contribution is -2.53. The quantitative estimate of drug-likeness (QED) is 0.888. The van der Waals surface area contributed by atoms with Gasteiger partial charge in [-0.3, -0.25) is 0 Å². The first-order chi connectivity index (χ1) is 10.6. The van der Waals surface area contributed by atoms with E-state index in [1.54, 1.807) is 6.07 Å². The minimum atomic E-state index is 0.0729. The van der Waals surface area contributed by atoms with Gasteiger partial charge in [-0.15, -0.1) is 0 Å². The van der Waals surface area contributed by atoms with E-state index in [4.69, 9.17) is 23.2 Å². The first kappa shape index (κ1) is 15.8. The normalized spacial score (nSPS) is 19.5. The van der Waals surface area contributed by atoms with E-state index in [2.05, 4.69) is 10.2 Å². The molecule has 1 saturated heterocycles. The van der Waals surface area contributed by atoms with Crippen molar-refractivity contribution in [2.75, 3.05) is 31.1 Å². The molecule has 2 aliphatic rings. The highest BCUT2D eigenvalue weighted by Gasteiger charge is 2.25. The van der Waals surface area contributed by atoms with E-state index in [9.17, 15) is 4.79 Å². The molecule has 4 nitrogen and oxygen atoms in total. The zero-order chi connectivity index (χ0) is 15.5. The van der Waals surface area contributed by atoms with Gasteiger partial charge in [-0.05, 0) is 25.0 Å². The van der Waals surface area contributed by atoms with Crippen LogP contribution >= 0.6 is 23.2 Å². The number of amides is 2. The van der Waals surface area contributed by atoms with Crippen LogP contribution in [0, 0.1) is 0 Å². The number of benzene rings is 1. The fourth-order valence-electron chi connectivity index (χ4n) is 3.22. The summed E-state index contributed by atoms with van der Waals surface area (Å²) in [6.45, 7) is 2.97. The minimum absolute atomic E-state index is 0.0729. The molecule has 0 aromatic heterocycles. The van der Waals surface area contributed by atoms with Gasteiger partial charge in [-0.2, -0.15) is 0 Å². The number of carbonyl (C=O) groups is 1. The highest BCUT2D eigenvalue weighted by molar-refractivity contribution is 6.43. The lowest BCUT2D eigenvalue weighted by Gasteiger charge is -2.37. The zero-order valence-electron chi connectivity index (χ0n) is 12.5. The maximum Gasteiger partial charge on any atom is 0.317 e. The lowest BCUT2D eigenvalue weighted by molar-refractivity contribution is 0.190. The van der Waals surface area contributed by atoms with Crippen molar-refractivity contribution in [3.8, 4) is 0 Å². The maximum atomic E-state index is 12.3. The lowest BCUT2D eigenvalue weighted by atomic mass is 10.2. The highest BCUT2D eigenvalue weighted by Crippen LogP contribution is 2.32. The monoisotopic (exact) mass is 341 g/mol. The van der Waals surface area contributed by atoms with Crippen molar-refractivity contribution in [3.63, 3.8) is 0 Å². The van der Waals surface area contributed by atoms with Crippen LogP contribution in [0.3, 0.4) is 0 Å². The number of urea groups is 1. The third kappa shape index (κ3) is 3.44. The molecule has 1 heterocycles. The summed E-state index contributed by atoms with van der Waals surface area (Å²) in [6.07, 6.45) is 4.69. The second-order valence-corrected chi connectivity index (χ2v) is 6.76. The number of rotatable bonds is 2. The molecule has 22 heavy (non-hydrogen) atoms. The number of anilines is 1. The second kappa shape index (κ2) is 6.97. The van der Waals surface area contributed by atoms with Crippen LogP contribution in [0.1, 0.15) is 25.7 Å². The van der Waals surface area contributed by atoms with E-state index in [0.717, 1.165) is 31.6 Å². The summed E-state index contributed by atoms with van der Waals surface area (Å²) < 4.78 is 0. The molecule has 0 spiro atoms. The summed E-state index contributed by atoms with van der Waals surface area (Å²) in [5.41, 5.74) is 0.949. The average molecular weight is 342 g/mol. The van der Waals surface area contributed by atoms with E-state index < -0.39 is 0 Å². The van der Waals surface area contributed by atoms with Gasteiger partial charge in [-0.25, -0.2) is 4.79 Å². The molecule has 2 fully saturated rings. The first-order valence-electron chi connectivity index (χ1n) is 7.89.